The highest BCUT2D eigenvalue weighted by Gasteiger charge is 2.11. The quantitative estimate of drug-likeness (QED) is 0.544. The number of esters is 1. The minimum atomic E-state index is -0.283. The molecule has 0 saturated heterocycles. The fraction of sp³-hybridized carbons (Fsp3) is 0.308. The summed E-state index contributed by atoms with van der Waals surface area (Å²) in [5.74, 6) is -0.283. The van der Waals surface area contributed by atoms with E-state index in [1.54, 1.807) is 18.2 Å². The van der Waals surface area contributed by atoms with Crippen molar-refractivity contribution >= 4 is 5.97 Å². The van der Waals surface area contributed by atoms with Crippen LogP contribution in [0.4, 0.5) is 0 Å². The molecule has 80 valence electrons. The van der Waals surface area contributed by atoms with Crippen LogP contribution in [0.5, 0.6) is 0 Å². The number of carbonyl (C=O) groups is 1. The summed E-state index contributed by atoms with van der Waals surface area (Å²) < 4.78 is 5.27. The van der Waals surface area contributed by atoms with Gasteiger partial charge in [-0.1, -0.05) is 44.2 Å². The third kappa shape index (κ3) is 3.58. The molecule has 0 bridgehead atoms. The van der Waals surface area contributed by atoms with Crippen molar-refractivity contribution in [3.63, 3.8) is 0 Å². The molecule has 0 N–H and O–H groups in total. The third-order valence-electron chi connectivity index (χ3n) is 2.10. The van der Waals surface area contributed by atoms with Gasteiger partial charge in [0.1, 0.15) is 6.10 Å². The van der Waals surface area contributed by atoms with Crippen LogP contribution in [-0.4, -0.2) is 12.1 Å². The summed E-state index contributed by atoms with van der Waals surface area (Å²) in [7, 11) is 0. The zero-order valence-corrected chi connectivity index (χ0v) is 8.98. The van der Waals surface area contributed by atoms with Crippen LogP contribution in [-0.2, 0) is 4.74 Å². The molecule has 0 aromatic heterocycles. The van der Waals surface area contributed by atoms with Crippen molar-refractivity contribution < 1.29 is 9.53 Å². The van der Waals surface area contributed by atoms with E-state index >= 15 is 0 Å². The first-order valence-corrected chi connectivity index (χ1v) is 5.16. The smallest absolute Gasteiger partial charge is 0.338 e. The Labute approximate surface area is 90.6 Å². The lowest BCUT2D eigenvalue weighted by atomic mass is 10.2. The van der Waals surface area contributed by atoms with Gasteiger partial charge >= 0.3 is 5.97 Å². The molecule has 1 aromatic carbocycles. The topological polar surface area (TPSA) is 26.3 Å². The first kappa shape index (κ1) is 11.5. The van der Waals surface area contributed by atoms with E-state index in [1.165, 1.54) is 0 Å². The van der Waals surface area contributed by atoms with Crippen LogP contribution in [0.25, 0.3) is 0 Å². The average Bonchev–Trinajstić information content (AvgIpc) is 2.29. The molecule has 2 heteroatoms. The molecule has 1 unspecified atom stereocenters. The summed E-state index contributed by atoms with van der Waals surface area (Å²) in [4.78, 5) is 11.6. The predicted molar refractivity (Wildman–Crippen MR) is 60.8 cm³/mol. The molecular formula is C13H16O2. The Balaban J connectivity index is 2.58. The van der Waals surface area contributed by atoms with Crippen LogP contribution in [0.15, 0.2) is 43.0 Å². The minimum Gasteiger partial charge on any atom is -0.455 e. The first-order chi connectivity index (χ1) is 7.27. The van der Waals surface area contributed by atoms with Crippen LogP contribution in [0, 0.1) is 0 Å². The molecule has 0 fully saturated rings. The molecule has 1 rings (SSSR count). The molecule has 0 amide bonds. The summed E-state index contributed by atoms with van der Waals surface area (Å²) >= 11 is 0. The zero-order valence-electron chi connectivity index (χ0n) is 8.98. The van der Waals surface area contributed by atoms with Crippen molar-refractivity contribution in [3.8, 4) is 0 Å². The second kappa shape index (κ2) is 6.02. The van der Waals surface area contributed by atoms with Gasteiger partial charge in [0.2, 0.25) is 0 Å². The van der Waals surface area contributed by atoms with Gasteiger partial charge < -0.3 is 4.74 Å². The maximum Gasteiger partial charge on any atom is 0.338 e. The van der Waals surface area contributed by atoms with Crippen molar-refractivity contribution in [1.29, 1.82) is 0 Å². The Morgan fingerprint density at radius 3 is 2.67 bits per heavy atom. The lowest BCUT2D eigenvalue weighted by molar-refractivity contribution is 0.0380. The molecular weight excluding hydrogens is 188 g/mol. The highest BCUT2D eigenvalue weighted by Crippen LogP contribution is 2.08. The second-order valence-electron chi connectivity index (χ2n) is 3.33. The fourth-order valence-corrected chi connectivity index (χ4v) is 1.29. The summed E-state index contributed by atoms with van der Waals surface area (Å²) in [5.41, 5.74) is 0.584. The molecule has 0 aliphatic rings. The molecule has 0 saturated carbocycles. The van der Waals surface area contributed by atoms with Crippen molar-refractivity contribution in [2.24, 2.45) is 0 Å². The number of benzene rings is 1. The van der Waals surface area contributed by atoms with Gasteiger partial charge in [-0.25, -0.2) is 4.79 Å². The number of hydrogen-bond acceptors (Lipinski definition) is 2. The normalized spacial score (nSPS) is 11.8. The van der Waals surface area contributed by atoms with Gasteiger partial charge in [0.15, 0.2) is 0 Å². The second-order valence-corrected chi connectivity index (χ2v) is 3.33. The predicted octanol–water partition coefficient (Wildman–Crippen LogP) is 3.20. The largest absolute Gasteiger partial charge is 0.455 e. The maximum absolute atomic E-state index is 11.6. The van der Waals surface area contributed by atoms with Crippen molar-refractivity contribution in [2.75, 3.05) is 0 Å². The van der Waals surface area contributed by atoms with Crippen LogP contribution in [0.2, 0.25) is 0 Å². The average molecular weight is 204 g/mol. The Morgan fingerprint density at radius 2 is 2.13 bits per heavy atom. The van der Waals surface area contributed by atoms with Gasteiger partial charge in [-0.2, -0.15) is 0 Å². The summed E-state index contributed by atoms with van der Waals surface area (Å²) in [5, 5.41) is 0. The molecule has 0 aliphatic heterocycles. The monoisotopic (exact) mass is 204 g/mol. The number of rotatable bonds is 5. The lowest BCUT2D eigenvalue weighted by Gasteiger charge is -2.12. The van der Waals surface area contributed by atoms with Crippen molar-refractivity contribution in [3.05, 3.63) is 48.6 Å². The highest BCUT2D eigenvalue weighted by molar-refractivity contribution is 5.89. The van der Waals surface area contributed by atoms with Crippen molar-refractivity contribution in [1.82, 2.24) is 0 Å². The molecule has 2 nitrogen and oxygen atoms in total. The number of carbonyl (C=O) groups excluding carboxylic acids is 1. The summed E-state index contributed by atoms with van der Waals surface area (Å²) in [6.45, 7) is 5.70. The molecule has 15 heavy (non-hydrogen) atoms. The summed E-state index contributed by atoms with van der Waals surface area (Å²) in [6.07, 6.45) is 3.29. The van der Waals surface area contributed by atoms with E-state index in [-0.39, 0.29) is 12.1 Å². The Hall–Kier alpha value is -1.57. The van der Waals surface area contributed by atoms with Crippen LogP contribution in [0.1, 0.15) is 30.1 Å². The van der Waals surface area contributed by atoms with E-state index in [9.17, 15) is 4.79 Å². The third-order valence-corrected chi connectivity index (χ3v) is 2.10. The van der Waals surface area contributed by atoms with Crippen LogP contribution in [0.3, 0.4) is 0 Å². The SMILES string of the molecule is C=CC(CCC)OC(=O)c1ccccc1. The number of hydrogen-bond donors (Lipinski definition) is 0. The Kier molecular flexibility index (Phi) is 4.61. The maximum atomic E-state index is 11.6. The molecule has 0 spiro atoms. The minimum absolute atomic E-state index is 0.178. The molecule has 0 heterocycles. The summed E-state index contributed by atoms with van der Waals surface area (Å²) in [6, 6.07) is 9.00. The van der Waals surface area contributed by atoms with Gasteiger partial charge in [-0.3, -0.25) is 0 Å². The van der Waals surface area contributed by atoms with Gasteiger partial charge in [-0.15, -0.1) is 0 Å². The Bertz CT molecular complexity index is 317. The molecule has 1 aromatic rings. The van der Waals surface area contributed by atoms with E-state index in [2.05, 4.69) is 6.58 Å². The van der Waals surface area contributed by atoms with E-state index in [0.29, 0.717) is 5.56 Å². The molecule has 0 radical (unpaired) electrons. The number of ether oxygens (including phenoxy) is 1. The van der Waals surface area contributed by atoms with E-state index in [4.69, 9.17) is 4.74 Å². The molecule has 0 aliphatic carbocycles. The van der Waals surface area contributed by atoms with Gasteiger partial charge in [0.25, 0.3) is 0 Å². The lowest BCUT2D eigenvalue weighted by Crippen LogP contribution is -2.15. The van der Waals surface area contributed by atoms with E-state index in [0.717, 1.165) is 12.8 Å². The standard InChI is InChI=1S/C13H16O2/c1-3-8-12(4-2)15-13(14)11-9-6-5-7-10-11/h4-7,9-10,12H,2-3,8H2,1H3. The Morgan fingerprint density at radius 1 is 1.47 bits per heavy atom. The molecule has 1 atom stereocenters. The van der Waals surface area contributed by atoms with Gasteiger partial charge in [0, 0.05) is 0 Å². The van der Waals surface area contributed by atoms with E-state index < -0.39 is 0 Å². The van der Waals surface area contributed by atoms with Crippen LogP contribution >= 0.6 is 0 Å². The van der Waals surface area contributed by atoms with Gasteiger partial charge in [-0.05, 0) is 18.6 Å². The van der Waals surface area contributed by atoms with Crippen LogP contribution < -0.4 is 0 Å². The zero-order chi connectivity index (χ0) is 11.1. The fourth-order valence-electron chi connectivity index (χ4n) is 1.29. The first-order valence-electron chi connectivity index (χ1n) is 5.16. The highest BCUT2D eigenvalue weighted by atomic mass is 16.5. The van der Waals surface area contributed by atoms with E-state index in [1.807, 2.05) is 25.1 Å². The van der Waals surface area contributed by atoms with Gasteiger partial charge in [0.05, 0.1) is 5.56 Å². The van der Waals surface area contributed by atoms with Crippen molar-refractivity contribution in [2.45, 2.75) is 25.9 Å².